The highest BCUT2D eigenvalue weighted by molar-refractivity contribution is 6.04. The maximum atomic E-state index is 12.5. The second-order valence-corrected chi connectivity index (χ2v) is 7.44. The lowest BCUT2D eigenvalue weighted by atomic mass is 10.1. The van der Waals surface area contributed by atoms with Crippen LogP contribution < -0.4 is 10.6 Å². The molecule has 2 N–H and O–H groups in total. The van der Waals surface area contributed by atoms with Gasteiger partial charge in [0.05, 0.1) is 6.10 Å². The molecule has 8 heteroatoms. The van der Waals surface area contributed by atoms with Crippen LogP contribution in [-0.4, -0.2) is 55.9 Å². The number of carbonyl (C=O) groups is 2. The smallest absolute Gasteiger partial charge is 0.262 e. The van der Waals surface area contributed by atoms with Crippen LogP contribution in [0.2, 0.25) is 0 Å². The Morgan fingerprint density at radius 2 is 2.19 bits per heavy atom. The summed E-state index contributed by atoms with van der Waals surface area (Å²) in [6.07, 6.45) is 6.01. The lowest BCUT2D eigenvalue weighted by Crippen LogP contribution is -2.32. The summed E-state index contributed by atoms with van der Waals surface area (Å²) in [4.78, 5) is 24.8. The van der Waals surface area contributed by atoms with Gasteiger partial charge in [-0.15, -0.1) is 0 Å². The van der Waals surface area contributed by atoms with Crippen LogP contribution in [-0.2, 0) is 25.6 Å². The van der Waals surface area contributed by atoms with E-state index in [-0.39, 0.29) is 24.1 Å². The molecule has 1 aromatic heterocycles. The van der Waals surface area contributed by atoms with Gasteiger partial charge in [-0.2, -0.15) is 5.26 Å². The monoisotopic (exact) mass is 424 g/mol. The lowest BCUT2D eigenvalue weighted by Gasteiger charge is -2.10. The van der Waals surface area contributed by atoms with Crippen molar-refractivity contribution in [1.29, 1.82) is 5.26 Å². The summed E-state index contributed by atoms with van der Waals surface area (Å²) in [6.45, 7) is 2.38. The van der Waals surface area contributed by atoms with Gasteiger partial charge in [-0.25, -0.2) is 0 Å². The predicted molar refractivity (Wildman–Crippen MR) is 117 cm³/mol. The van der Waals surface area contributed by atoms with E-state index in [0.29, 0.717) is 31.9 Å². The molecule has 2 amide bonds. The van der Waals surface area contributed by atoms with Crippen molar-refractivity contribution < 1.29 is 19.1 Å². The molecule has 1 aromatic carbocycles. The van der Waals surface area contributed by atoms with Crippen molar-refractivity contribution in [3.05, 3.63) is 41.6 Å². The number of aromatic nitrogens is 1. The third-order valence-electron chi connectivity index (χ3n) is 5.16. The average molecular weight is 425 g/mol. The maximum Gasteiger partial charge on any atom is 0.262 e. The zero-order valence-corrected chi connectivity index (χ0v) is 17.7. The minimum Gasteiger partial charge on any atom is -0.385 e. The molecule has 1 fully saturated rings. The van der Waals surface area contributed by atoms with E-state index in [2.05, 4.69) is 10.6 Å². The molecule has 8 nitrogen and oxygen atoms in total. The Bertz CT molecular complexity index is 983. The third-order valence-corrected chi connectivity index (χ3v) is 5.16. The number of benzene rings is 1. The Hall–Kier alpha value is -3.15. The Labute approximate surface area is 181 Å². The number of fused-ring (bicyclic) bond motifs is 1. The molecule has 164 valence electrons. The van der Waals surface area contributed by atoms with Crippen molar-refractivity contribution in [1.82, 2.24) is 15.2 Å². The Morgan fingerprint density at radius 3 is 2.94 bits per heavy atom. The Morgan fingerprint density at radius 1 is 1.35 bits per heavy atom. The van der Waals surface area contributed by atoms with Crippen molar-refractivity contribution in [2.24, 2.45) is 0 Å². The minimum atomic E-state index is -0.425. The third kappa shape index (κ3) is 6.17. The van der Waals surface area contributed by atoms with Crippen LogP contribution in [0.15, 0.2) is 36.0 Å². The fourth-order valence-corrected chi connectivity index (χ4v) is 3.59. The minimum absolute atomic E-state index is 0.00760. The number of hydrogen-bond donors (Lipinski definition) is 2. The quantitative estimate of drug-likeness (QED) is 0.345. The van der Waals surface area contributed by atoms with Crippen LogP contribution in [0.3, 0.4) is 0 Å². The fourth-order valence-electron chi connectivity index (χ4n) is 3.59. The second-order valence-electron chi connectivity index (χ2n) is 7.44. The second kappa shape index (κ2) is 11.3. The van der Waals surface area contributed by atoms with Gasteiger partial charge in [0, 0.05) is 56.1 Å². The zero-order chi connectivity index (χ0) is 22.1. The summed E-state index contributed by atoms with van der Waals surface area (Å²) in [5.74, 6) is -0.534. The van der Waals surface area contributed by atoms with E-state index in [9.17, 15) is 14.9 Å². The van der Waals surface area contributed by atoms with Gasteiger partial charge >= 0.3 is 0 Å². The molecule has 1 aliphatic rings. The predicted octanol–water partition coefficient (Wildman–Crippen LogP) is 2.00. The lowest BCUT2D eigenvalue weighted by molar-refractivity contribution is -0.121. The molecular formula is C23H28N4O4. The van der Waals surface area contributed by atoms with E-state index in [1.807, 2.05) is 34.9 Å². The molecule has 0 saturated carbocycles. The molecule has 2 aromatic rings. The first-order valence-electron chi connectivity index (χ1n) is 10.5. The largest absolute Gasteiger partial charge is 0.385 e. The molecule has 1 unspecified atom stereocenters. The number of rotatable bonds is 10. The first-order chi connectivity index (χ1) is 15.1. The molecule has 1 aliphatic heterocycles. The van der Waals surface area contributed by atoms with Crippen molar-refractivity contribution >= 4 is 28.8 Å². The molecular weight excluding hydrogens is 396 g/mol. The van der Waals surface area contributed by atoms with Crippen LogP contribution in [0.4, 0.5) is 0 Å². The Balaban J connectivity index is 1.74. The molecule has 2 heterocycles. The van der Waals surface area contributed by atoms with Gasteiger partial charge in [-0.1, -0.05) is 18.2 Å². The number of ether oxygens (including phenoxy) is 2. The summed E-state index contributed by atoms with van der Waals surface area (Å²) < 4.78 is 12.3. The van der Waals surface area contributed by atoms with Crippen LogP contribution in [0, 0.1) is 11.3 Å². The molecule has 3 rings (SSSR count). The van der Waals surface area contributed by atoms with Crippen molar-refractivity contribution in [3.63, 3.8) is 0 Å². The number of hydrogen-bond acceptors (Lipinski definition) is 5. The number of carbonyl (C=O) groups excluding carboxylic acids is 2. The fraction of sp³-hybridized carbons (Fsp3) is 0.435. The van der Waals surface area contributed by atoms with Crippen LogP contribution in [0.25, 0.3) is 17.0 Å². The van der Waals surface area contributed by atoms with Crippen molar-refractivity contribution in [2.45, 2.75) is 31.9 Å². The van der Waals surface area contributed by atoms with E-state index in [0.717, 1.165) is 30.2 Å². The van der Waals surface area contributed by atoms with Crippen molar-refractivity contribution in [2.75, 3.05) is 33.4 Å². The number of para-hydroxylation sites is 1. The summed E-state index contributed by atoms with van der Waals surface area (Å²) >= 11 is 0. The summed E-state index contributed by atoms with van der Waals surface area (Å²) in [5.41, 5.74) is 1.59. The first-order valence-corrected chi connectivity index (χ1v) is 10.5. The van der Waals surface area contributed by atoms with Gasteiger partial charge in [0.2, 0.25) is 5.91 Å². The highest BCUT2D eigenvalue weighted by Crippen LogP contribution is 2.23. The number of nitrogens with zero attached hydrogens (tertiary/aromatic N) is 2. The van der Waals surface area contributed by atoms with Gasteiger partial charge in [0.1, 0.15) is 18.2 Å². The van der Waals surface area contributed by atoms with E-state index in [1.54, 1.807) is 19.4 Å². The van der Waals surface area contributed by atoms with Crippen molar-refractivity contribution in [3.8, 4) is 6.07 Å². The highest BCUT2D eigenvalue weighted by Gasteiger charge is 2.18. The van der Waals surface area contributed by atoms with Gasteiger partial charge in [0.15, 0.2) is 0 Å². The molecule has 0 aliphatic carbocycles. The summed E-state index contributed by atoms with van der Waals surface area (Å²) in [6, 6.07) is 9.59. The van der Waals surface area contributed by atoms with Gasteiger partial charge in [-0.3, -0.25) is 9.59 Å². The topological polar surface area (TPSA) is 105 Å². The molecule has 31 heavy (non-hydrogen) atoms. The Kier molecular flexibility index (Phi) is 8.21. The van der Waals surface area contributed by atoms with Crippen LogP contribution in [0.1, 0.15) is 24.8 Å². The summed E-state index contributed by atoms with van der Waals surface area (Å²) in [5, 5.41) is 16.0. The van der Waals surface area contributed by atoms with E-state index >= 15 is 0 Å². The number of methoxy groups -OCH3 is 1. The van der Waals surface area contributed by atoms with Gasteiger partial charge < -0.3 is 24.7 Å². The number of amides is 2. The van der Waals surface area contributed by atoms with Crippen LogP contribution >= 0.6 is 0 Å². The van der Waals surface area contributed by atoms with E-state index in [4.69, 9.17) is 9.47 Å². The number of nitriles is 1. The average Bonchev–Trinajstić information content (AvgIpc) is 3.42. The first kappa shape index (κ1) is 22.5. The molecule has 1 saturated heterocycles. The van der Waals surface area contributed by atoms with E-state index < -0.39 is 5.91 Å². The van der Waals surface area contributed by atoms with Crippen LogP contribution in [0.5, 0.6) is 0 Å². The van der Waals surface area contributed by atoms with Gasteiger partial charge in [0.25, 0.3) is 5.91 Å². The standard InChI is InChI=1S/C23H28N4O4/c1-30-10-5-9-25-22(28)16-27-15-18(20-7-2-3-8-21(20)27)12-17(13-24)23(29)26-14-19-6-4-11-31-19/h2-3,7-8,12,15,19H,4-6,9-11,14,16H2,1H3,(H,25,28)(H,26,29)/b17-12+. The molecule has 0 radical (unpaired) electrons. The van der Waals surface area contributed by atoms with E-state index in [1.165, 1.54) is 0 Å². The highest BCUT2D eigenvalue weighted by atomic mass is 16.5. The molecule has 0 spiro atoms. The zero-order valence-electron chi connectivity index (χ0n) is 17.7. The summed E-state index contributed by atoms with van der Waals surface area (Å²) in [7, 11) is 1.63. The molecule has 0 bridgehead atoms. The number of nitrogens with one attached hydrogen (secondary N) is 2. The maximum absolute atomic E-state index is 12.5. The SMILES string of the molecule is COCCCNC(=O)Cn1cc(/C=C(\C#N)C(=O)NCC2CCCO2)c2ccccc21. The normalized spacial score (nSPS) is 16.3. The van der Waals surface area contributed by atoms with Gasteiger partial charge in [-0.05, 0) is 31.4 Å². The molecule has 1 atom stereocenters.